The first-order valence-electron chi connectivity index (χ1n) is 5.45. The van der Waals surface area contributed by atoms with Gasteiger partial charge in [-0.25, -0.2) is 0 Å². The molecule has 0 N–H and O–H groups in total. The lowest BCUT2D eigenvalue weighted by Gasteiger charge is -2.32. The molecule has 1 atom stereocenters. The van der Waals surface area contributed by atoms with Gasteiger partial charge in [0.1, 0.15) is 0 Å². The van der Waals surface area contributed by atoms with Crippen molar-refractivity contribution in [2.45, 2.75) is 43.5 Å². The second-order valence-corrected chi connectivity index (χ2v) is 6.05. The summed E-state index contributed by atoms with van der Waals surface area (Å²) in [6, 6.07) is 0. The Bertz CT molecular complexity index is 173. The summed E-state index contributed by atoms with van der Waals surface area (Å²) in [5.41, 5.74) is 0.0270. The quantitative estimate of drug-likeness (QED) is 0.724. The number of ether oxygens (including phenoxy) is 1. The number of rotatable bonds is 4. The Morgan fingerprint density at radius 3 is 2.79 bits per heavy atom. The van der Waals surface area contributed by atoms with E-state index in [2.05, 4.69) is 34.7 Å². The van der Waals surface area contributed by atoms with Crippen molar-refractivity contribution in [1.29, 1.82) is 0 Å². The smallest absolute Gasteiger partial charge is 0.0634 e. The molecule has 0 aromatic carbocycles. The molecule has 0 aliphatic carbocycles. The van der Waals surface area contributed by atoms with Gasteiger partial charge in [-0.1, -0.05) is 15.9 Å². The predicted molar refractivity (Wildman–Crippen MR) is 64.1 cm³/mol. The highest BCUT2D eigenvalue weighted by molar-refractivity contribution is 9.09. The Morgan fingerprint density at radius 1 is 1.50 bits per heavy atom. The van der Waals surface area contributed by atoms with E-state index in [0.29, 0.717) is 4.83 Å². The number of hydrogen-bond acceptors (Lipinski definition) is 2. The van der Waals surface area contributed by atoms with Crippen molar-refractivity contribution < 1.29 is 4.74 Å². The van der Waals surface area contributed by atoms with E-state index >= 15 is 0 Å². The monoisotopic (exact) mass is 263 g/mol. The molecule has 84 valence electrons. The summed E-state index contributed by atoms with van der Waals surface area (Å²) in [7, 11) is 1.80. The van der Waals surface area contributed by atoms with Gasteiger partial charge in [-0.2, -0.15) is 0 Å². The van der Waals surface area contributed by atoms with Crippen LogP contribution in [0.4, 0.5) is 0 Å². The second-order valence-electron chi connectivity index (χ2n) is 4.75. The van der Waals surface area contributed by atoms with Gasteiger partial charge in [0.2, 0.25) is 0 Å². The van der Waals surface area contributed by atoms with Gasteiger partial charge in [0.05, 0.1) is 5.60 Å². The number of hydrogen-bond donors (Lipinski definition) is 0. The number of alkyl halides is 1. The van der Waals surface area contributed by atoms with Crippen molar-refractivity contribution in [2.24, 2.45) is 0 Å². The summed E-state index contributed by atoms with van der Waals surface area (Å²) in [6.07, 6.45) is 3.76. The lowest BCUT2D eigenvalue weighted by atomic mass is 10.0. The van der Waals surface area contributed by atoms with Gasteiger partial charge in [0.15, 0.2) is 0 Å². The largest absolute Gasteiger partial charge is 0.379 e. The maximum absolute atomic E-state index is 5.42. The first kappa shape index (κ1) is 12.5. The van der Waals surface area contributed by atoms with Gasteiger partial charge in [-0.15, -0.1) is 0 Å². The molecule has 1 aliphatic rings. The maximum Gasteiger partial charge on any atom is 0.0634 e. The van der Waals surface area contributed by atoms with Crippen LogP contribution < -0.4 is 0 Å². The average Bonchev–Trinajstić information content (AvgIpc) is 2.15. The molecular formula is C11H22BrNO. The molecule has 0 spiro atoms. The summed E-state index contributed by atoms with van der Waals surface area (Å²) in [6.45, 7) is 7.91. The lowest BCUT2D eigenvalue weighted by Crippen LogP contribution is -2.39. The van der Waals surface area contributed by atoms with Crippen LogP contribution in [0.15, 0.2) is 0 Å². The molecule has 0 saturated carbocycles. The molecule has 1 rings (SSSR count). The fraction of sp³-hybridized carbons (Fsp3) is 1.00. The molecule has 0 radical (unpaired) electrons. The van der Waals surface area contributed by atoms with Gasteiger partial charge in [-0.3, -0.25) is 0 Å². The van der Waals surface area contributed by atoms with Gasteiger partial charge >= 0.3 is 0 Å². The standard InChI is InChI=1S/C11H22BrNO/c1-11(2,14-3)6-8-13-7-4-5-10(12)9-13/h10H,4-9H2,1-3H3. The van der Waals surface area contributed by atoms with E-state index in [1.807, 2.05) is 0 Å². The third-order valence-corrected chi connectivity index (χ3v) is 3.78. The normalized spacial score (nSPS) is 25.3. The molecule has 0 bridgehead atoms. The van der Waals surface area contributed by atoms with Crippen molar-refractivity contribution in [2.75, 3.05) is 26.7 Å². The topological polar surface area (TPSA) is 12.5 Å². The Labute approximate surface area is 96.1 Å². The summed E-state index contributed by atoms with van der Waals surface area (Å²) >= 11 is 3.69. The third kappa shape index (κ3) is 4.28. The van der Waals surface area contributed by atoms with E-state index in [9.17, 15) is 0 Å². The summed E-state index contributed by atoms with van der Waals surface area (Å²) in [5, 5.41) is 0. The van der Waals surface area contributed by atoms with Crippen molar-refractivity contribution in [3.8, 4) is 0 Å². The van der Waals surface area contributed by atoms with Gasteiger partial charge in [0, 0.05) is 25.0 Å². The summed E-state index contributed by atoms with van der Waals surface area (Å²) in [4.78, 5) is 3.23. The van der Waals surface area contributed by atoms with Crippen LogP contribution in [0.25, 0.3) is 0 Å². The molecular weight excluding hydrogens is 242 g/mol. The van der Waals surface area contributed by atoms with Crippen LogP contribution in [0.2, 0.25) is 0 Å². The van der Waals surface area contributed by atoms with Crippen LogP contribution in [0.5, 0.6) is 0 Å². The fourth-order valence-corrected chi connectivity index (χ4v) is 2.46. The molecule has 1 aliphatic heterocycles. The molecule has 0 aromatic rings. The molecule has 1 saturated heterocycles. The zero-order valence-corrected chi connectivity index (χ0v) is 11.1. The SMILES string of the molecule is COC(C)(C)CCN1CCCC(Br)C1. The molecule has 1 unspecified atom stereocenters. The van der Waals surface area contributed by atoms with Crippen LogP contribution in [-0.4, -0.2) is 42.1 Å². The predicted octanol–water partition coefficient (Wildman–Crippen LogP) is 2.66. The molecule has 2 nitrogen and oxygen atoms in total. The van der Waals surface area contributed by atoms with Gasteiger partial charge < -0.3 is 9.64 Å². The van der Waals surface area contributed by atoms with Crippen molar-refractivity contribution in [3.05, 3.63) is 0 Å². The summed E-state index contributed by atoms with van der Waals surface area (Å²) < 4.78 is 5.42. The first-order valence-corrected chi connectivity index (χ1v) is 6.36. The van der Waals surface area contributed by atoms with Crippen molar-refractivity contribution in [1.82, 2.24) is 4.90 Å². The third-order valence-electron chi connectivity index (χ3n) is 3.03. The number of methoxy groups -OCH3 is 1. The molecule has 14 heavy (non-hydrogen) atoms. The Balaban J connectivity index is 2.23. The Morgan fingerprint density at radius 2 is 2.21 bits per heavy atom. The van der Waals surface area contributed by atoms with E-state index < -0.39 is 0 Å². The Kier molecular flexibility index (Phi) is 4.88. The van der Waals surface area contributed by atoms with Crippen molar-refractivity contribution in [3.63, 3.8) is 0 Å². The number of halogens is 1. The Hall–Kier alpha value is 0.400. The van der Waals surface area contributed by atoms with E-state index in [1.165, 1.54) is 25.9 Å². The van der Waals surface area contributed by atoms with Crippen LogP contribution >= 0.6 is 15.9 Å². The van der Waals surface area contributed by atoms with Gasteiger partial charge in [-0.05, 0) is 39.7 Å². The highest BCUT2D eigenvalue weighted by Crippen LogP contribution is 2.19. The maximum atomic E-state index is 5.42. The highest BCUT2D eigenvalue weighted by atomic mass is 79.9. The van der Waals surface area contributed by atoms with Crippen LogP contribution in [0.3, 0.4) is 0 Å². The molecule has 1 fully saturated rings. The second kappa shape index (κ2) is 5.47. The van der Waals surface area contributed by atoms with Crippen molar-refractivity contribution >= 4 is 15.9 Å². The minimum Gasteiger partial charge on any atom is -0.379 e. The molecule has 3 heteroatoms. The minimum absolute atomic E-state index is 0.0270. The van der Waals surface area contributed by atoms with E-state index in [-0.39, 0.29) is 5.60 Å². The first-order chi connectivity index (χ1) is 6.53. The van der Waals surface area contributed by atoms with Crippen LogP contribution in [0, 0.1) is 0 Å². The highest BCUT2D eigenvalue weighted by Gasteiger charge is 2.21. The zero-order chi connectivity index (χ0) is 10.6. The van der Waals surface area contributed by atoms with Crippen LogP contribution in [0.1, 0.15) is 33.1 Å². The summed E-state index contributed by atoms with van der Waals surface area (Å²) in [5.74, 6) is 0. The number of likely N-dealkylation sites (tertiary alicyclic amines) is 1. The van der Waals surface area contributed by atoms with E-state index in [0.717, 1.165) is 13.0 Å². The number of nitrogens with zero attached hydrogens (tertiary/aromatic N) is 1. The van der Waals surface area contributed by atoms with Crippen LogP contribution in [-0.2, 0) is 4.74 Å². The fourth-order valence-electron chi connectivity index (χ4n) is 1.73. The molecule has 0 amide bonds. The molecule has 0 aromatic heterocycles. The minimum atomic E-state index is 0.0270. The van der Waals surface area contributed by atoms with E-state index in [1.54, 1.807) is 7.11 Å². The van der Waals surface area contributed by atoms with Gasteiger partial charge in [0.25, 0.3) is 0 Å². The lowest BCUT2D eigenvalue weighted by molar-refractivity contribution is 0.00637. The average molecular weight is 264 g/mol. The zero-order valence-electron chi connectivity index (χ0n) is 9.55. The van der Waals surface area contributed by atoms with E-state index in [4.69, 9.17) is 4.74 Å². The molecule has 1 heterocycles. The number of piperidine rings is 1.